The van der Waals surface area contributed by atoms with Gasteiger partial charge in [-0.1, -0.05) is 56.6 Å². The SMILES string of the molecule is CC(NC(=O)[C@@H]1CCCN1C(=O)[C@H](CC=O)NC(=O)[C@@H]1CSSC[C@H](N)C(=O)N[C@@H](C)C(=O)N[C@@H](CCC(=O)O)C(=O)N[C@@H](Cc2ccc(O)cc2)C(=O)N[C@@H](C)C(=O)N1)C(=O)N[C@@H](C)C(=O)NC(C(=O)NCC(=O)N[C@@H](CSS)C(=O)N[C@@H](Cc1ccc(O)cc1)C(=O)O)[C@H](C)O. The number of carbonyl (C=O) groups excluding carboxylic acids is 14. The second-order valence-electron chi connectivity index (χ2n) is 22.9. The zero-order valence-electron chi connectivity index (χ0n) is 53.7. The molecular formula is C59H82N14O21S4. The molecule has 0 aromatic heterocycles. The first-order chi connectivity index (χ1) is 46.2. The summed E-state index contributed by atoms with van der Waals surface area (Å²) < 4.78 is 0. The summed E-state index contributed by atoms with van der Waals surface area (Å²) in [6, 6.07) is -8.06. The highest BCUT2D eigenvalue weighted by Gasteiger charge is 2.41. The van der Waals surface area contributed by atoms with Crippen molar-refractivity contribution in [2.75, 3.05) is 30.3 Å². The number of hydrogen-bond donors (Lipinski definition) is 19. The van der Waals surface area contributed by atoms with Gasteiger partial charge in [-0.3, -0.25) is 67.1 Å². The first-order valence-corrected chi connectivity index (χ1v) is 35.1. The van der Waals surface area contributed by atoms with Crippen molar-refractivity contribution in [3.8, 4) is 11.5 Å². The van der Waals surface area contributed by atoms with Crippen LogP contribution in [0.4, 0.5) is 0 Å². The van der Waals surface area contributed by atoms with Crippen LogP contribution in [0.3, 0.4) is 0 Å². The van der Waals surface area contributed by atoms with E-state index in [9.17, 15) is 102 Å². The molecule has 4 rings (SSSR count). The summed E-state index contributed by atoms with van der Waals surface area (Å²) in [6.07, 6.45) is -3.21. The fourth-order valence-corrected chi connectivity index (χ4v) is 12.5. The van der Waals surface area contributed by atoms with E-state index in [1.807, 2.05) is 0 Å². The number of carbonyl (C=O) groups is 16. The van der Waals surface area contributed by atoms with Crippen LogP contribution in [0.2, 0.25) is 0 Å². The van der Waals surface area contributed by atoms with Crippen molar-refractivity contribution in [3.05, 3.63) is 59.7 Å². The van der Waals surface area contributed by atoms with Crippen LogP contribution >= 0.6 is 44.0 Å². The van der Waals surface area contributed by atoms with Crippen LogP contribution in [0.5, 0.6) is 11.5 Å². The van der Waals surface area contributed by atoms with Crippen molar-refractivity contribution in [1.29, 1.82) is 0 Å². The summed E-state index contributed by atoms with van der Waals surface area (Å²) in [5.41, 5.74) is 6.98. The standard InChI is InChI=1S/C59H82N14O21S4/c1-27(47(81)62-30(4)50(84)72-46(31(5)75)57(91)61-23-44(78)66-41(25-96-95)54(88)70-40(59(93)94)22-33-10-14-35(77)15-11-33)65-56(90)43-7-6-19-73(43)58(92)38(18-20-74)68-55(89)42-26-98-97-24-36(60)51(85)63-28(2)48(82)67-37(16-17-45(79)80)52(86)69-39(21-32-8-12-34(76)13-9-32)53(87)64-29(3)49(83)71-42/h8-15,20,27-31,36-43,46,75-77,95H,6-7,16-19,21-26,60H2,1-5H3,(H,61,91)(H,62,81)(H,63,85)(H,64,87)(H,65,90)(H,66,78)(H,67,82)(H,68,89)(H,69,86)(H,70,88)(H,71,83)(H,72,84)(H,79,80)(H,93,94)/t27?,28-,29-,30-,31-,36-,37-,38-,39-,40-,41-,42-,43-,46?/m0/s1. The monoisotopic (exact) mass is 1450 g/mol. The summed E-state index contributed by atoms with van der Waals surface area (Å²) in [6.45, 7) is 5.21. The smallest absolute Gasteiger partial charge is 0.326 e. The van der Waals surface area contributed by atoms with E-state index in [4.69, 9.17) is 5.73 Å². The highest BCUT2D eigenvalue weighted by atomic mass is 33.1. The number of thiol groups is 1. The molecule has 14 atom stereocenters. The van der Waals surface area contributed by atoms with Gasteiger partial charge < -0.3 is 105 Å². The normalized spacial score (nSPS) is 21.8. The van der Waals surface area contributed by atoms with Gasteiger partial charge in [-0.2, -0.15) is 0 Å². The highest BCUT2D eigenvalue weighted by molar-refractivity contribution is 8.76. The van der Waals surface area contributed by atoms with Crippen molar-refractivity contribution in [2.24, 2.45) is 5.73 Å². The van der Waals surface area contributed by atoms with Crippen LogP contribution in [0, 0.1) is 0 Å². The number of hydrogen-bond acceptors (Lipinski definition) is 24. The number of carboxylic acids is 2. The van der Waals surface area contributed by atoms with Gasteiger partial charge in [0, 0.05) is 49.5 Å². The lowest BCUT2D eigenvalue weighted by Crippen LogP contribution is -2.60. The summed E-state index contributed by atoms with van der Waals surface area (Å²) in [4.78, 5) is 214. The van der Waals surface area contributed by atoms with E-state index in [-0.39, 0.29) is 61.0 Å². The van der Waals surface area contributed by atoms with E-state index < -0.39 is 199 Å². The molecule has 0 aliphatic carbocycles. The number of phenolic OH excluding ortho intramolecular Hbond substituents is 2. The molecule has 2 aliphatic heterocycles. The van der Waals surface area contributed by atoms with Gasteiger partial charge in [-0.05, 0) is 89.3 Å². The molecule has 2 unspecified atom stereocenters. The fourth-order valence-electron chi connectivity index (χ4n) is 9.42. The van der Waals surface area contributed by atoms with Crippen LogP contribution in [0.1, 0.15) is 77.8 Å². The molecule has 0 saturated carbocycles. The topological polar surface area (TPSA) is 548 Å². The Kier molecular flexibility index (Phi) is 33.3. The number of carboxylic acid groups (broad SMARTS) is 2. The number of nitrogens with two attached hydrogens (primary N) is 1. The minimum absolute atomic E-state index is 0.0327. The van der Waals surface area contributed by atoms with Gasteiger partial charge in [-0.25, -0.2) is 4.79 Å². The van der Waals surface area contributed by atoms with Crippen LogP contribution in [0.15, 0.2) is 48.5 Å². The molecule has 2 fully saturated rings. The minimum Gasteiger partial charge on any atom is -0.508 e. The quantitative estimate of drug-likeness (QED) is 0.0215. The van der Waals surface area contributed by atoms with Gasteiger partial charge in [0.25, 0.3) is 0 Å². The highest BCUT2D eigenvalue weighted by Crippen LogP contribution is 2.24. The van der Waals surface area contributed by atoms with E-state index >= 15 is 0 Å². The summed E-state index contributed by atoms with van der Waals surface area (Å²) in [5.74, 6) is -16.0. The molecule has 2 saturated heterocycles. The molecule has 13 amide bonds. The average molecular weight is 1450 g/mol. The Morgan fingerprint density at radius 2 is 1.22 bits per heavy atom. The molecule has 2 heterocycles. The number of nitrogens with one attached hydrogen (secondary N) is 12. The Morgan fingerprint density at radius 3 is 1.82 bits per heavy atom. The van der Waals surface area contributed by atoms with Gasteiger partial charge in [0.15, 0.2) is 0 Å². The molecular weight excluding hydrogens is 1370 g/mol. The number of phenols is 2. The average Bonchev–Trinajstić information content (AvgIpc) is 1.61. The Morgan fingerprint density at radius 1 is 0.663 bits per heavy atom. The van der Waals surface area contributed by atoms with Crippen LogP contribution < -0.4 is 69.5 Å². The lowest BCUT2D eigenvalue weighted by molar-refractivity contribution is -0.143. The van der Waals surface area contributed by atoms with Crippen LogP contribution in [-0.2, 0) is 89.6 Å². The molecule has 0 radical (unpaired) electrons. The largest absolute Gasteiger partial charge is 0.508 e. The molecule has 2 aromatic rings. The summed E-state index contributed by atoms with van der Waals surface area (Å²) in [5, 5.41) is 77.8. The Hall–Kier alpha value is -8.92. The Labute approximate surface area is 578 Å². The lowest BCUT2D eigenvalue weighted by atomic mass is 10.0. The maximum Gasteiger partial charge on any atom is 0.326 e. The number of aliphatic hydroxyl groups is 1. The van der Waals surface area contributed by atoms with Gasteiger partial charge in [0.1, 0.15) is 90.3 Å². The molecule has 538 valence electrons. The van der Waals surface area contributed by atoms with Crippen molar-refractivity contribution in [1.82, 2.24) is 68.7 Å². The number of aldehydes is 1. The molecule has 35 nitrogen and oxygen atoms in total. The number of nitrogens with zero attached hydrogens (tertiary/aromatic N) is 1. The number of rotatable bonds is 28. The van der Waals surface area contributed by atoms with Crippen LogP contribution in [0.25, 0.3) is 0 Å². The molecule has 2 aromatic carbocycles. The van der Waals surface area contributed by atoms with Crippen molar-refractivity contribution in [2.45, 2.75) is 164 Å². The number of benzene rings is 2. The first kappa shape index (κ1) is 81.5. The molecule has 98 heavy (non-hydrogen) atoms. The molecule has 2 aliphatic rings. The Balaban J connectivity index is 1.41. The molecule has 19 N–H and O–H groups in total. The van der Waals surface area contributed by atoms with E-state index in [1.165, 1.54) is 76.2 Å². The van der Waals surface area contributed by atoms with Crippen molar-refractivity contribution in [3.63, 3.8) is 0 Å². The maximum absolute atomic E-state index is 14.3. The second kappa shape index (κ2) is 40.1. The number of amides is 13. The second-order valence-corrected chi connectivity index (χ2v) is 26.8. The van der Waals surface area contributed by atoms with Gasteiger partial charge in [0.05, 0.1) is 18.7 Å². The summed E-state index contributed by atoms with van der Waals surface area (Å²) >= 11 is 4.03. The zero-order chi connectivity index (χ0) is 73.1. The van der Waals surface area contributed by atoms with Crippen molar-refractivity contribution < 1.29 is 102 Å². The number of aromatic hydroxyl groups is 2. The van der Waals surface area contributed by atoms with Gasteiger partial charge in [-0.15, -0.1) is 11.7 Å². The Bertz CT molecular complexity index is 3230. The number of aliphatic carboxylic acids is 2. The number of likely N-dealkylation sites (tertiary alicyclic amines) is 1. The van der Waals surface area contributed by atoms with E-state index in [0.29, 0.717) is 17.4 Å². The molecule has 0 spiro atoms. The van der Waals surface area contributed by atoms with Gasteiger partial charge >= 0.3 is 11.9 Å². The predicted molar refractivity (Wildman–Crippen MR) is 357 cm³/mol. The number of aliphatic hydroxyl groups excluding tert-OH is 1. The first-order valence-electron chi connectivity index (χ1n) is 30.5. The third kappa shape index (κ3) is 26.5. The fraction of sp³-hybridized carbons (Fsp3) is 0.525. The van der Waals surface area contributed by atoms with Gasteiger partial charge in [0.2, 0.25) is 76.8 Å². The predicted octanol–water partition coefficient (Wildman–Crippen LogP) is -5.38. The van der Waals surface area contributed by atoms with E-state index in [0.717, 1.165) is 44.2 Å². The van der Waals surface area contributed by atoms with Crippen molar-refractivity contribution >= 4 is 139 Å². The van der Waals surface area contributed by atoms with Crippen LogP contribution in [-0.4, -0.2) is 240 Å². The minimum atomic E-state index is -1.73. The molecule has 39 heteroatoms. The van der Waals surface area contributed by atoms with E-state index in [2.05, 4.69) is 75.5 Å². The third-order valence-corrected chi connectivity index (χ3v) is 18.4. The maximum atomic E-state index is 14.3. The molecule has 0 bridgehead atoms. The zero-order valence-corrected chi connectivity index (χ0v) is 57.1. The third-order valence-electron chi connectivity index (χ3n) is 15.0. The summed E-state index contributed by atoms with van der Waals surface area (Å²) in [7, 11) is 2.72. The lowest BCUT2D eigenvalue weighted by Gasteiger charge is -2.30. The van der Waals surface area contributed by atoms with E-state index in [1.54, 1.807) is 0 Å².